The summed E-state index contributed by atoms with van der Waals surface area (Å²) < 4.78 is 4.83. The van der Waals surface area contributed by atoms with E-state index in [0.717, 1.165) is 39.6 Å². The van der Waals surface area contributed by atoms with Gasteiger partial charge in [0.15, 0.2) is 0 Å². The first kappa shape index (κ1) is 29.0. The van der Waals surface area contributed by atoms with Gasteiger partial charge in [-0.05, 0) is 78.4 Å². The molecule has 0 fully saturated rings. The summed E-state index contributed by atoms with van der Waals surface area (Å²) >= 11 is 0. The number of fused-ring (bicyclic) bond motifs is 6. The van der Waals surface area contributed by atoms with Gasteiger partial charge in [0.05, 0.1) is 34.0 Å². The minimum Gasteiger partial charge on any atom is -0.309 e. The van der Waals surface area contributed by atoms with Crippen LogP contribution in [0.2, 0.25) is 0 Å². The first-order chi connectivity index (χ1) is 25.3. The second-order valence-electron chi connectivity index (χ2n) is 12.9. The molecule has 0 spiro atoms. The first-order valence-corrected chi connectivity index (χ1v) is 17.3. The molecule has 3 aromatic heterocycles. The highest BCUT2D eigenvalue weighted by atomic mass is 15.1. The van der Waals surface area contributed by atoms with Gasteiger partial charge in [-0.1, -0.05) is 109 Å². The molecule has 0 bridgehead atoms. The zero-order chi connectivity index (χ0) is 33.7. The molecular formula is C47H32N4. The molecule has 0 saturated carbocycles. The summed E-state index contributed by atoms with van der Waals surface area (Å²) in [4.78, 5) is 6.86. The Labute approximate surface area is 295 Å². The van der Waals surface area contributed by atoms with Gasteiger partial charge in [-0.25, -0.2) is 0 Å². The van der Waals surface area contributed by atoms with Gasteiger partial charge in [-0.3, -0.25) is 4.98 Å². The number of hydrogen-bond donors (Lipinski definition) is 0. The van der Waals surface area contributed by atoms with Gasteiger partial charge in [-0.2, -0.15) is 0 Å². The molecule has 10 rings (SSSR count). The quantitative estimate of drug-likeness (QED) is 0.179. The van der Waals surface area contributed by atoms with Gasteiger partial charge in [0.25, 0.3) is 0 Å². The van der Waals surface area contributed by atoms with E-state index >= 15 is 0 Å². The van der Waals surface area contributed by atoms with E-state index in [1.54, 1.807) is 0 Å². The van der Waals surface area contributed by atoms with Crippen molar-refractivity contribution in [2.75, 3.05) is 4.90 Å². The zero-order valence-electron chi connectivity index (χ0n) is 27.8. The summed E-state index contributed by atoms with van der Waals surface area (Å²) in [6.45, 7) is 0. The smallest absolute Gasteiger partial charge is 0.0644 e. The molecule has 3 heterocycles. The Hall–Kier alpha value is -6.91. The van der Waals surface area contributed by atoms with Crippen LogP contribution in [-0.4, -0.2) is 14.1 Å². The highest BCUT2D eigenvalue weighted by molar-refractivity contribution is 6.14. The van der Waals surface area contributed by atoms with E-state index in [0.29, 0.717) is 0 Å². The standard InChI is InChI=1S/C47H32N4/c1-3-15-34(16-4-1)49(36-19-14-28-48-32-36)37-29-33(30-38(31-37)50-44-25-10-7-20-40(44)41-21-8-11-26-45(41)50)39-23-13-24-43-42-22-9-12-27-46(42)51(47(39)43)35-17-5-2-6-18-35/h1-32H. The second kappa shape index (κ2) is 11.9. The van der Waals surface area contributed by atoms with E-state index in [4.69, 9.17) is 0 Å². The van der Waals surface area contributed by atoms with Crippen LogP contribution in [0.15, 0.2) is 194 Å². The Morgan fingerprint density at radius 2 is 0.961 bits per heavy atom. The third-order valence-electron chi connectivity index (χ3n) is 9.94. The number of aromatic nitrogens is 3. The monoisotopic (exact) mass is 652 g/mol. The molecule has 0 aliphatic carbocycles. The van der Waals surface area contributed by atoms with Crippen LogP contribution in [0.4, 0.5) is 17.1 Å². The topological polar surface area (TPSA) is 26.0 Å². The fraction of sp³-hybridized carbons (Fsp3) is 0. The lowest BCUT2D eigenvalue weighted by atomic mass is 9.99. The van der Waals surface area contributed by atoms with Crippen LogP contribution in [-0.2, 0) is 0 Å². The highest BCUT2D eigenvalue weighted by Crippen LogP contribution is 2.43. The molecule has 0 saturated heterocycles. The second-order valence-corrected chi connectivity index (χ2v) is 12.9. The Kier molecular flexibility index (Phi) is 6.78. The molecule has 0 amide bonds. The minimum absolute atomic E-state index is 0.991. The van der Waals surface area contributed by atoms with Crippen LogP contribution in [0, 0.1) is 0 Å². The molecule has 4 nitrogen and oxygen atoms in total. The average molecular weight is 653 g/mol. The van der Waals surface area contributed by atoms with Crippen molar-refractivity contribution in [2.45, 2.75) is 0 Å². The van der Waals surface area contributed by atoms with Crippen LogP contribution in [0.3, 0.4) is 0 Å². The lowest BCUT2D eigenvalue weighted by Gasteiger charge is -2.27. The number of anilines is 3. The van der Waals surface area contributed by atoms with Crippen LogP contribution in [0.25, 0.3) is 66.1 Å². The molecule has 10 aromatic rings. The molecule has 0 unspecified atom stereocenters. The van der Waals surface area contributed by atoms with Crippen LogP contribution >= 0.6 is 0 Å². The Bertz CT molecular complexity index is 2760. The average Bonchev–Trinajstić information content (AvgIpc) is 3.72. The van der Waals surface area contributed by atoms with Crippen molar-refractivity contribution in [3.63, 3.8) is 0 Å². The van der Waals surface area contributed by atoms with Crippen molar-refractivity contribution < 1.29 is 0 Å². The number of nitrogens with zero attached hydrogens (tertiary/aromatic N) is 4. The van der Waals surface area contributed by atoms with E-state index in [1.165, 1.54) is 43.6 Å². The van der Waals surface area contributed by atoms with Crippen LogP contribution < -0.4 is 4.90 Å². The molecule has 0 atom stereocenters. The van der Waals surface area contributed by atoms with Crippen molar-refractivity contribution in [1.29, 1.82) is 0 Å². The number of hydrogen-bond acceptors (Lipinski definition) is 2. The Morgan fingerprint density at radius 1 is 0.392 bits per heavy atom. The third kappa shape index (κ3) is 4.72. The van der Waals surface area contributed by atoms with Crippen molar-refractivity contribution in [3.05, 3.63) is 194 Å². The number of pyridine rings is 1. The normalized spacial score (nSPS) is 11.5. The fourth-order valence-electron chi connectivity index (χ4n) is 7.82. The van der Waals surface area contributed by atoms with Crippen molar-refractivity contribution in [2.24, 2.45) is 0 Å². The Morgan fingerprint density at radius 3 is 1.63 bits per heavy atom. The molecule has 240 valence electrons. The largest absolute Gasteiger partial charge is 0.309 e. The third-order valence-corrected chi connectivity index (χ3v) is 9.94. The molecule has 0 aliphatic rings. The van der Waals surface area contributed by atoms with E-state index in [-0.39, 0.29) is 0 Å². The molecule has 0 radical (unpaired) electrons. The minimum atomic E-state index is 0.991. The summed E-state index contributed by atoms with van der Waals surface area (Å²) in [7, 11) is 0. The van der Waals surface area contributed by atoms with Gasteiger partial charge in [0.2, 0.25) is 0 Å². The van der Waals surface area contributed by atoms with Crippen molar-refractivity contribution in [1.82, 2.24) is 14.1 Å². The SMILES string of the molecule is c1ccc(N(c2cccnc2)c2cc(-c3cccc4c5ccccc5n(-c5ccccc5)c34)cc(-n3c4ccccc4c4ccccc43)c2)cc1. The predicted octanol–water partition coefficient (Wildman–Crippen LogP) is 12.4. The summed E-state index contributed by atoms with van der Waals surface area (Å²) in [5, 5.41) is 4.93. The van der Waals surface area contributed by atoms with Crippen LogP contribution in [0.1, 0.15) is 0 Å². The van der Waals surface area contributed by atoms with Crippen molar-refractivity contribution >= 4 is 60.7 Å². The number of rotatable bonds is 6. The zero-order valence-corrected chi connectivity index (χ0v) is 27.8. The summed E-state index contributed by atoms with van der Waals surface area (Å²) in [6, 6.07) is 65.3. The maximum Gasteiger partial charge on any atom is 0.0644 e. The molecule has 0 aliphatic heterocycles. The molecule has 0 N–H and O–H groups in total. The highest BCUT2D eigenvalue weighted by Gasteiger charge is 2.21. The fourth-order valence-corrected chi connectivity index (χ4v) is 7.82. The van der Waals surface area contributed by atoms with Gasteiger partial charge in [0, 0.05) is 56.1 Å². The number of benzene rings is 7. The molecule has 7 aromatic carbocycles. The summed E-state index contributed by atoms with van der Waals surface area (Å²) in [5.74, 6) is 0. The van der Waals surface area contributed by atoms with E-state index < -0.39 is 0 Å². The maximum absolute atomic E-state index is 4.55. The van der Waals surface area contributed by atoms with Gasteiger partial charge in [-0.15, -0.1) is 0 Å². The predicted molar refractivity (Wildman–Crippen MR) is 213 cm³/mol. The van der Waals surface area contributed by atoms with Crippen molar-refractivity contribution in [3.8, 4) is 22.5 Å². The van der Waals surface area contributed by atoms with E-state index in [1.807, 2.05) is 18.5 Å². The summed E-state index contributed by atoms with van der Waals surface area (Å²) in [5.41, 5.74) is 12.3. The first-order valence-electron chi connectivity index (χ1n) is 17.3. The van der Waals surface area contributed by atoms with E-state index in [2.05, 4.69) is 195 Å². The Balaban J connectivity index is 1.33. The lowest BCUT2D eigenvalue weighted by Crippen LogP contribution is -2.11. The van der Waals surface area contributed by atoms with E-state index in [9.17, 15) is 0 Å². The van der Waals surface area contributed by atoms with Crippen LogP contribution in [0.5, 0.6) is 0 Å². The molecular weight excluding hydrogens is 621 g/mol. The van der Waals surface area contributed by atoms with Gasteiger partial charge < -0.3 is 14.0 Å². The van der Waals surface area contributed by atoms with Gasteiger partial charge >= 0.3 is 0 Å². The number of para-hydroxylation sites is 6. The lowest BCUT2D eigenvalue weighted by molar-refractivity contribution is 1.16. The molecule has 4 heteroatoms. The van der Waals surface area contributed by atoms with Gasteiger partial charge in [0.1, 0.15) is 0 Å². The molecule has 51 heavy (non-hydrogen) atoms. The maximum atomic E-state index is 4.55. The summed E-state index contributed by atoms with van der Waals surface area (Å²) in [6.07, 6.45) is 3.77.